The first-order valence-electron chi connectivity index (χ1n) is 13.1. The molecule has 2 aliphatic rings. The van der Waals surface area contributed by atoms with E-state index in [1.807, 2.05) is 0 Å². The van der Waals surface area contributed by atoms with Crippen molar-refractivity contribution in [1.29, 1.82) is 5.26 Å². The Morgan fingerprint density at radius 2 is 1.82 bits per heavy atom. The molecule has 1 aliphatic heterocycles. The molecular formula is C27H34N6O7. The summed E-state index contributed by atoms with van der Waals surface area (Å²) in [5.74, 6) is -0.332. The molecule has 0 saturated carbocycles. The highest BCUT2D eigenvalue weighted by Crippen LogP contribution is 2.31. The summed E-state index contributed by atoms with van der Waals surface area (Å²) in [7, 11) is 1.59. The summed E-state index contributed by atoms with van der Waals surface area (Å²) in [5.41, 5.74) is 2.94. The number of anilines is 2. The van der Waals surface area contributed by atoms with Crippen LogP contribution < -0.4 is 10.2 Å². The van der Waals surface area contributed by atoms with Crippen LogP contribution in [0.4, 0.5) is 16.3 Å². The van der Waals surface area contributed by atoms with E-state index in [1.165, 1.54) is 6.33 Å². The van der Waals surface area contributed by atoms with E-state index in [0.717, 1.165) is 17.1 Å². The third-order valence-corrected chi connectivity index (χ3v) is 7.12. The predicted molar refractivity (Wildman–Crippen MR) is 143 cm³/mol. The van der Waals surface area contributed by atoms with Crippen LogP contribution in [-0.4, -0.2) is 106 Å². The molecule has 0 spiro atoms. The molecule has 0 radical (unpaired) electrons. The number of carbonyl (C=O) groups is 2. The van der Waals surface area contributed by atoms with E-state index < -0.39 is 24.6 Å². The number of carboxylic acids is 1. The number of aliphatic hydroxyl groups excluding tert-OH is 2. The van der Waals surface area contributed by atoms with Gasteiger partial charge in [-0.15, -0.1) is 0 Å². The zero-order valence-corrected chi connectivity index (χ0v) is 22.3. The van der Waals surface area contributed by atoms with Crippen LogP contribution in [0.15, 0.2) is 30.6 Å². The van der Waals surface area contributed by atoms with Gasteiger partial charge in [-0.1, -0.05) is 0 Å². The highest BCUT2D eigenvalue weighted by Gasteiger charge is 2.34. The largest absolute Gasteiger partial charge is 0.481 e. The number of nitrogens with one attached hydrogen (secondary N) is 1. The smallest absolute Gasteiger partial charge is 0.321 e. The predicted octanol–water partition coefficient (Wildman–Crippen LogP) is 0.788. The number of nitriles is 1. The van der Waals surface area contributed by atoms with Crippen LogP contribution in [0.3, 0.4) is 0 Å². The first-order valence-corrected chi connectivity index (χ1v) is 13.1. The molecule has 214 valence electrons. The van der Waals surface area contributed by atoms with Gasteiger partial charge >= 0.3 is 12.0 Å². The van der Waals surface area contributed by atoms with Crippen LogP contribution in [0.25, 0.3) is 0 Å². The molecule has 4 unspecified atom stereocenters. The fourth-order valence-electron chi connectivity index (χ4n) is 5.01. The Morgan fingerprint density at radius 1 is 1.10 bits per heavy atom. The summed E-state index contributed by atoms with van der Waals surface area (Å²) in [6.07, 6.45) is -0.938. The van der Waals surface area contributed by atoms with E-state index in [2.05, 4.69) is 26.3 Å². The number of ether oxygens (including phenoxy) is 2. The SMILES string of the molecule is COC1Cc2c(ncnc2N2CCN(C(=O)Nc3ccc(C#N)cc3)CC2)CC1OCC(O)CC(O)CC(=O)O. The van der Waals surface area contributed by atoms with Gasteiger partial charge in [-0.2, -0.15) is 5.26 Å². The molecule has 13 heteroatoms. The molecule has 0 bridgehead atoms. The lowest BCUT2D eigenvalue weighted by Crippen LogP contribution is -2.51. The van der Waals surface area contributed by atoms with E-state index in [-0.39, 0.29) is 31.3 Å². The van der Waals surface area contributed by atoms with Crippen LogP contribution >= 0.6 is 0 Å². The molecule has 4 rings (SSSR count). The summed E-state index contributed by atoms with van der Waals surface area (Å²) in [4.78, 5) is 36.4. The van der Waals surface area contributed by atoms with Crippen molar-refractivity contribution in [3.63, 3.8) is 0 Å². The van der Waals surface area contributed by atoms with E-state index in [1.54, 1.807) is 36.3 Å². The van der Waals surface area contributed by atoms with Crippen molar-refractivity contribution in [3.05, 3.63) is 47.4 Å². The third-order valence-electron chi connectivity index (χ3n) is 7.12. The van der Waals surface area contributed by atoms with Crippen molar-refractivity contribution in [2.45, 2.75) is 50.1 Å². The van der Waals surface area contributed by atoms with Crippen LogP contribution in [0.5, 0.6) is 0 Å². The molecule has 13 nitrogen and oxygen atoms in total. The second-order valence-electron chi connectivity index (χ2n) is 9.91. The zero-order valence-electron chi connectivity index (χ0n) is 22.3. The maximum absolute atomic E-state index is 12.7. The summed E-state index contributed by atoms with van der Waals surface area (Å²) in [5, 5.41) is 40.5. The average Bonchev–Trinajstić information content (AvgIpc) is 2.95. The zero-order chi connectivity index (χ0) is 28.6. The fraction of sp³-hybridized carbons (Fsp3) is 0.519. The number of aromatic nitrogens is 2. The maximum atomic E-state index is 12.7. The molecule has 1 aromatic carbocycles. The van der Waals surface area contributed by atoms with E-state index in [9.17, 15) is 19.8 Å². The van der Waals surface area contributed by atoms with Gasteiger partial charge in [-0.05, 0) is 24.3 Å². The molecule has 1 aromatic heterocycles. The molecule has 1 saturated heterocycles. The molecule has 40 heavy (non-hydrogen) atoms. The number of fused-ring (bicyclic) bond motifs is 1. The van der Waals surface area contributed by atoms with Gasteiger partial charge in [-0.3, -0.25) is 4.79 Å². The van der Waals surface area contributed by atoms with Crippen LogP contribution in [0, 0.1) is 11.3 Å². The standard InChI is InChI=1S/C27H34N6O7/c1-39-23-12-21-22(13-24(23)40-15-20(35)10-19(34)11-25(36)37)29-16-30-26(21)32-6-8-33(9-7-32)27(38)31-18-4-2-17(14-28)3-5-18/h2-5,16,19-20,23-24,34-35H,6-13,15H2,1H3,(H,31,38)(H,36,37). The van der Waals surface area contributed by atoms with Crippen molar-refractivity contribution in [1.82, 2.24) is 14.9 Å². The Labute approximate surface area is 232 Å². The van der Waals surface area contributed by atoms with E-state index >= 15 is 0 Å². The topological polar surface area (TPSA) is 181 Å². The number of hydrogen-bond acceptors (Lipinski definition) is 10. The van der Waals surface area contributed by atoms with Crippen molar-refractivity contribution in [2.75, 3.05) is 50.1 Å². The van der Waals surface area contributed by atoms with Gasteiger partial charge in [0.05, 0.1) is 54.8 Å². The molecule has 1 fully saturated rings. The van der Waals surface area contributed by atoms with Gasteiger partial charge in [0, 0.05) is 63.8 Å². The van der Waals surface area contributed by atoms with Gasteiger partial charge in [0.25, 0.3) is 0 Å². The summed E-state index contributed by atoms with van der Waals surface area (Å²) in [6.45, 7) is 2.12. The molecule has 2 aromatic rings. The van der Waals surface area contributed by atoms with Gasteiger partial charge in [0.15, 0.2) is 0 Å². The van der Waals surface area contributed by atoms with Crippen molar-refractivity contribution in [2.24, 2.45) is 0 Å². The number of carbonyl (C=O) groups excluding carboxylic acids is 1. The number of amides is 2. The Kier molecular flexibility index (Phi) is 9.84. The summed E-state index contributed by atoms with van der Waals surface area (Å²) < 4.78 is 11.6. The number of urea groups is 1. The monoisotopic (exact) mass is 554 g/mol. The van der Waals surface area contributed by atoms with Crippen molar-refractivity contribution < 1.29 is 34.4 Å². The minimum atomic E-state index is -1.15. The average molecular weight is 555 g/mol. The number of aliphatic hydroxyl groups is 2. The first-order chi connectivity index (χ1) is 19.3. The highest BCUT2D eigenvalue weighted by molar-refractivity contribution is 5.89. The Morgan fingerprint density at radius 3 is 2.48 bits per heavy atom. The van der Waals surface area contributed by atoms with Crippen LogP contribution in [0.1, 0.15) is 29.7 Å². The lowest BCUT2D eigenvalue weighted by molar-refractivity contribution is -0.139. The Balaban J connectivity index is 1.33. The number of methoxy groups -OCH3 is 1. The molecule has 4 N–H and O–H groups in total. The quantitative estimate of drug-likeness (QED) is 0.326. The molecule has 1 aliphatic carbocycles. The normalized spacial score (nSPS) is 20.2. The van der Waals surface area contributed by atoms with Crippen LogP contribution in [-0.2, 0) is 27.1 Å². The third kappa shape index (κ3) is 7.42. The van der Waals surface area contributed by atoms with Crippen molar-refractivity contribution >= 4 is 23.5 Å². The summed E-state index contributed by atoms with van der Waals surface area (Å²) >= 11 is 0. The highest BCUT2D eigenvalue weighted by atomic mass is 16.5. The van der Waals surface area contributed by atoms with Gasteiger partial charge in [0.1, 0.15) is 12.1 Å². The number of rotatable bonds is 10. The lowest BCUT2D eigenvalue weighted by Gasteiger charge is -2.38. The summed E-state index contributed by atoms with van der Waals surface area (Å²) in [6, 6.07) is 8.57. The number of aliphatic carboxylic acids is 1. The lowest BCUT2D eigenvalue weighted by atomic mass is 9.90. The second-order valence-corrected chi connectivity index (χ2v) is 9.91. The number of piperazine rings is 1. The number of carboxylic acid groups (broad SMARTS) is 1. The van der Waals surface area contributed by atoms with Gasteiger partial charge < -0.3 is 39.9 Å². The minimum Gasteiger partial charge on any atom is -0.481 e. The van der Waals surface area contributed by atoms with Crippen molar-refractivity contribution in [3.8, 4) is 6.07 Å². The first kappa shape index (κ1) is 29.2. The van der Waals surface area contributed by atoms with Gasteiger partial charge in [0.2, 0.25) is 0 Å². The fourth-order valence-corrected chi connectivity index (χ4v) is 5.01. The number of hydrogen-bond donors (Lipinski definition) is 4. The Bertz CT molecular complexity index is 1210. The molecule has 2 amide bonds. The maximum Gasteiger partial charge on any atom is 0.321 e. The number of benzene rings is 1. The van der Waals surface area contributed by atoms with Gasteiger partial charge in [-0.25, -0.2) is 14.8 Å². The van der Waals surface area contributed by atoms with E-state index in [4.69, 9.17) is 19.8 Å². The number of nitrogens with zero attached hydrogens (tertiary/aromatic N) is 5. The second kappa shape index (κ2) is 13.5. The molecule has 4 atom stereocenters. The van der Waals surface area contributed by atoms with E-state index in [0.29, 0.717) is 50.3 Å². The van der Waals surface area contributed by atoms with Crippen LogP contribution in [0.2, 0.25) is 0 Å². The minimum absolute atomic E-state index is 0.0685. The molecular weight excluding hydrogens is 520 g/mol. The molecule has 2 heterocycles. The Hall–Kier alpha value is -3.83.